The van der Waals surface area contributed by atoms with E-state index in [9.17, 15) is 10.1 Å². The van der Waals surface area contributed by atoms with Crippen molar-refractivity contribution < 1.29 is 4.92 Å². The molecular weight excluding hydrogens is 306 g/mol. The molecule has 0 atom stereocenters. The van der Waals surface area contributed by atoms with Crippen molar-refractivity contribution in [1.29, 1.82) is 0 Å². The number of fused-ring (bicyclic) bond motifs is 1. The second kappa shape index (κ2) is 5.76. The summed E-state index contributed by atoms with van der Waals surface area (Å²) in [4.78, 5) is 12.2. The van der Waals surface area contributed by atoms with E-state index in [2.05, 4.69) is 24.3 Å². The summed E-state index contributed by atoms with van der Waals surface area (Å²) in [6.07, 6.45) is 0. The minimum absolute atomic E-state index is 0.0699. The summed E-state index contributed by atoms with van der Waals surface area (Å²) >= 11 is 7.46. The first-order chi connectivity index (χ1) is 10.1. The normalized spacial score (nSPS) is 10.7. The van der Waals surface area contributed by atoms with E-state index in [-0.39, 0.29) is 10.7 Å². The molecule has 3 nitrogen and oxygen atoms in total. The number of rotatable bonds is 3. The van der Waals surface area contributed by atoms with Crippen LogP contribution in [-0.2, 0) is 0 Å². The van der Waals surface area contributed by atoms with E-state index in [0.29, 0.717) is 0 Å². The third kappa shape index (κ3) is 3.01. The van der Waals surface area contributed by atoms with Crippen molar-refractivity contribution in [3.8, 4) is 0 Å². The van der Waals surface area contributed by atoms with Gasteiger partial charge in [0, 0.05) is 15.9 Å². The summed E-state index contributed by atoms with van der Waals surface area (Å²) in [5, 5.41) is 13.3. The van der Waals surface area contributed by atoms with Crippen LogP contribution in [0.25, 0.3) is 10.8 Å². The molecule has 0 amide bonds. The number of nitro groups is 1. The Kier molecular flexibility index (Phi) is 3.82. The highest BCUT2D eigenvalue weighted by atomic mass is 35.5. The van der Waals surface area contributed by atoms with Gasteiger partial charge in [-0.1, -0.05) is 53.7 Å². The molecule has 0 spiro atoms. The van der Waals surface area contributed by atoms with E-state index in [0.717, 1.165) is 15.2 Å². The third-order valence-corrected chi connectivity index (χ3v) is 4.35. The summed E-state index contributed by atoms with van der Waals surface area (Å²) in [5.74, 6) is 0. The molecule has 0 aliphatic carbocycles. The lowest BCUT2D eigenvalue weighted by Crippen LogP contribution is -1.88. The average Bonchev–Trinajstić information content (AvgIpc) is 2.47. The molecule has 0 heterocycles. The molecule has 0 saturated heterocycles. The minimum atomic E-state index is -0.479. The maximum Gasteiger partial charge on any atom is 0.287 e. The zero-order chi connectivity index (χ0) is 14.8. The Hall–Kier alpha value is -2.04. The number of benzene rings is 3. The molecule has 0 unspecified atom stereocenters. The smallest absolute Gasteiger partial charge is 0.258 e. The van der Waals surface area contributed by atoms with Gasteiger partial charge in [-0.3, -0.25) is 10.1 Å². The highest BCUT2D eigenvalue weighted by Crippen LogP contribution is 2.34. The van der Waals surface area contributed by atoms with Gasteiger partial charge in [-0.15, -0.1) is 0 Å². The lowest BCUT2D eigenvalue weighted by Gasteiger charge is -2.04. The summed E-state index contributed by atoms with van der Waals surface area (Å²) < 4.78 is 0. The molecule has 0 saturated carbocycles. The fraction of sp³-hybridized carbons (Fsp3) is 0. The Balaban J connectivity index is 1.91. The third-order valence-electron chi connectivity index (χ3n) is 3.07. The van der Waals surface area contributed by atoms with Gasteiger partial charge in [0.15, 0.2) is 0 Å². The predicted molar refractivity (Wildman–Crippen MR) is 86.2 cm³/mol. The van der Waals surface area contributed by atoms with Crippen LogP contribution in [0, 0.1) is 10.1 Å². The van der Waals surface area contributed by atoms with E-state index in [1.165, 1.54) is 23.2 Å². The Bertz CT molecular complexity index is 835. The van der Waals surface area contributed by atoms with Crippen LogP contribution in [0.1, 0.15) is 0 Å². The molecule has 0 radical (unpaired) electrons. The van der Waals surface area contributed by atoms with Gasteiger partial charge in [0.1, 0.15) is 5.02 Å². The fourth-order valence-electron chi connectivity index (χ4n) is 2.07. The van der Waals surface area contributed by atoms with Gasteiger partial charge in [-0.2, -0.15) is 0 Å². The highest BCUT2D eigenvalue weighted by molar-refractivity contribution is 7.99. The summed E-state index contributed by atoms with van der Waals surface area (Å²) in [5.41, 5.74) is -0.0699. The average molecular weight is 316 g/mol. The summed E-state index contributed by atoms with van der Waals surface area (Å²) in [6, 6.07) is 19.1. The van der Waals surface area contributed by atoms with Gasteiger partial charge in [0.05, 0.1) is 4.92 Å². The summed E-state index contributed by atoms with van der Waals surface area (Å²) in [7, 11) is 0. The van der Waals surface area contributed by atoms with Gasteiger partial charge < -0.3 is 0 Å². The molecule has 104 valence electrons. The SMILES string of the molecule is O=[N+]([O-])c1ccc(Sc2ccc3ccccc3c2)cc1Cl. The molecule has 3 aromatic rings. The van der Waals surface area contributed by atoms with E-state index < -0.39 is 4.92 Å². The lowest BCUT2D eigenvalue weighted by atomic mass is 10.1. The molecule has 0 fully saturated rings. The van der Waals surface area contributed by atoms with Crippen LogP contribution in [-0.4, -0.2) is 4.92 Å². The van der Waals surface area contributed by atoms with Crippen LogP contribution >= 0.6 is 23.4 Å². The second-order valence-electron chi connectivity index (χ2n) is 4.48. The fourth-order valence-corrected chi connectivity index (χ4v) is 3.29. The van der Waals surface area contributed by atoms with Crippen molar-refractivity contribution in [3.63, 3.8) is 0 Å². The Labute approximate surface area is 130 Å². The first-order valence-corrected chi connectivity index (χ1v) is 7.43. The molecule has 21 heavy (non-hydrogen) atoms. The van der Waals surface area contributed by atoms with Crippen LogP contribution in [0.3, 0.4) is 0 Å². The molecule has 0 aromatic heterocycles. The van der Waals surface area contributed by atoms with Crippen molar-refractivity contribution in [3.05, 3.63) is 75.8 Å². The standard InChI is InChI=1S/C16H10ClNO2S/c17-15-10-14(7-8-16(15)18(19)20)21-13-6-5-11-3-1-2-4-12(11)9-13/h1-10H. The predicted octanol–water partition coefficient (Wildman–Crippen LogP) is 5.55. The van der Waals surface area contributed by atoms with Crippen LogP contribution in [0.5, 0.6) is 0 Å². The molecular formula is C16H10ClNO2S. The van der Waals surface area contributed by atoms with Gasteiger partial charge >= 0.3 is 0 Å². The van der Waals surface area contributed by atoms with Crippen molar-refractivity contribution in [1.82, 2.24) is 0 Å². The molecule has 3 aromatic carbocycles. The van der Waals surface area contributed by atoms with Gasteiger partial charge in [-0.25, -0.2) is 0 Å². The summed E-state index contributed by atoms with van der Waals surface area (Å²) in [6.45, 7) is 0. The molecule has 0 N–H and O–H groups in total. The molecule has 0 aliphatic heterocycles. The second-order valence-corrected chi connectivity index (χ2v) is 6.04. The minimum Gasteiger partial charge on any atom is -0.258 e. The maximum atomic E-state index is 10.8. The van der Waals surface area contributed by atoms with Gasteiger partial charge in [0.25, 0.3) is 5.69 Å². The Morgan fingerprint density at radius 2 is 1.57 bits per heavy atom. The number of hydrogen-bond donors (Lipinski definition) is 0. The number of nitrogens with zero attached hydrogens (tertiary/aromatic N) is 1. The van der Waals surface area contributed by atoms with Crippen LogP contribution in [0.4, 0.5) is 5.69 Å². The van der Waals surface area contributed by atoms with E-state index in [4.69, 9.17) is 11.6 Å². The largest absolute Gasteiger partial charge is 0.287 e. The van der Waals surface area contributed by atoms with Crippen molar-refractivity contribution in [2.45, 2.75) is 9.79 Å². The lowest BCUT2D eigenvalue weighted by molar-refractivity contribution is -0.384. The molecule has 5 heteroatoms. The van der Waals surface area contributed by atoms with E-state index in [1.54, 1.807) is 12.1 Å². The quantitative estimate of drug-likeness (QED) is 0.470. The van der Waals surface area contributed by atoms with Gasteiger partial charge in [0.2, 0.25) is 0 Å². The number of nitro benzene ring substituents is 1. The zero-order valence-corrected chi connectivity index (χ0v) is 12.4. The molecule has 3 rings (SSSR count). The van der Waals surface area contributed by atoms with E-state index in [1.807, 2.05) is 18.2 Å². The topological polar surface area (TPSA) is 43.1 Å². The van der Waals surface area contributed by atoms with Crippen LogP contribution in [0.2, 0.25) is 5.02 Å². The highest BCUT2D eigenvalue weighted by Gasteiger charge is 2.12. The number of halogens is 1. The van der Waals surface area contributed by atoms with Gasteiger partial charge in [-0.05, 0) is 35.0 Å². The Morgan fingerprint density at radius 3 is 2.29 bits per heavy atom. The van der Waals surface area contributed by atoms with E-state index >= 15 is 0 Å². The van der Waals surface area contributed by atoms with Crippen LogP contribution < -0.4 is 0 Å². The van der Waals surface area contributed by atoms with Crippen molar-refractivity contribution >= 4 is 39.8 Å². The monoisotopic (exact) mass is 315 g/mol. The zero-order valence-electron chi connectivity index (χ0n) is 10.8. The van der Waals surface area contributed by atoms with Crippen molar-refractivity contribution in [2.24, 2.45) is 0 Å². The first kappa shape index (κ1) is 13.9. The molecule has 0 bridgehead atoms. The van der Waals surface area contributed by atoms with Crippen LogP contribution in [0.15, 0.2) is 70.5 Å². The molecule has 0 aliphatic rings. The Morgan fingerprint density at radius 1 is 0.905 bits per heavy atom. The maximum absolute atomic E-state index is 10.8. The van der Waals surface area contributed by atoms with Crippen molar-refractivity contribution in [2.75, 3.05) is 0 Å². The number of hydrogen-bond acceptors (Lipinski definition) is 3. The first-order valence-electron chi connectivity index (χ1n) is 6.24.